The number of carbonyl (C=O) groups is 1. The zero-order valence-corrected chi connectivity index (χ0v) is 17.3. The van der Waals surface area contributed by atoms with Gasteiger partial charge in [-0.05, 0) is 42.0 Å². The minimum Gasteiger partial charge on any atom is -0.497 e. The fourth-order valence-corrected chi connectivity index (χ4v) is 3.94. The molecule has 0 saturated heterocycles. The van der Waals surface area contributed by atoms with Crippen LogP contribution in [0.25, 0.3) is 10.2 Å². The molecule has 0 bridgehead atoms. The van der Waals surface area contributed by atoms with Crippen LogP contribution in [0.1, 0.15) is 12.0 Å². The standard InChI is InChI=1S/C23H21N3O3S/c1-28-19-7-8-21-20(15-19)25-23(30-21)26(16-17-9-12-24-13-10-17)22(27)11-14-29-18-5-3-2-4-6-18/h2-10,12-13,15H,11,14,16H2,1H3. The number of thiazole rings is 1. The summed E-state index contributed by atoms with van der Waals surface area (Å²) < 4.78 is 12.0. The van der Waals surface area contributed by atoms with Crippen LogP contribution in [0.15, 0.2) is 73.1 Å². The van der Waals surface area contributed by atoms with Gasteiger partial charge < -0.3 is 9.47 Å². The highest BCUT2D eigenvalue weighted by Crippen LogP contribution is 2.32. The first-order valence-electron chi connectivity index (χ1n) is 9.54. The van der Waals surface area contributed by atoms with Crippen molar-refractivity contribution >= 4 is 32.6 Å². The van der Waals surface area contributed by atoms with E-state index in [0.717, 1.165) is 27.3 Å². The van der Waals surface area contributed by atoms with Crippen LogP contribution in [0.2, 0.25) is 0 Å². The van der Waals surface area contributed by atoms with Gasteiger partial charge in [0.05, 0.1) is 36.9 Å². The number of amides is 1. The predicted molar refractivity (Wildman–Crippen MR) is 118 cm³/mol. The molecule has 0 spiro atoms. The van der Waals surface area contributed by atoms with Crippen LogP contribution in [-0.4, -0.2) is 29.6 Å². The number of anilines is 1. The largest absolute Gasteiger partial charge is 0.497 e. The van der Waals surface area contributed by atoms with Gasteiger partial charge in [0.25, 0.3) is 0 Å². The van der Waals surface area contributed by atoms with Crippen LogP contribution in [0, 0.1) is 0 Å². The Hall–Kier alpha value is -3.45. The van der Waals surface area contributed by atoms with Gasteiger partial charge in [-0.25, -0.2) is 4.98 Å². The Bertz CT molecular complexity index is 1120. The number of para-hydroxylation sites is 1. The molecule has 7 heteroatoms. The zero-order valence-electron chi connectivity index (χ0n) is 16.5. The Morgan fingerprint density at radius 3 is 2.60 bits per heavy atom. The molecule has 4 rings (SSSR count). The number of hydrogen-bond acceptors (Lipinski definition) is 6. The van der Waals surface area contributed by atoms with Crippen molar-refractivity contribution < 1.29 is 14.3 Å². The van der Waals surface area contributed by atoms with Crippen molar-refractivity contribution in [1.82, 2.24) is 9.97 Å². The fourth-order valence-electron chi connectivity index (χ4n) is 2.98. The average Bonchev–Trinajstić information content (AvgIpc) is 3.21. The van der Waals surface area contributed by atoms with E-state index in [4.69, 9.17) is 14.5 Å². The van der Waals surface area contributed by atoms with E-state index in [1.165, 1.54) is 11.3 Å². The van der Waals surface area contributed by atoms with E-state index in [9.17, 15) is 4.79 Å². The first-order valence-corrected chi connectivity index (χ1v) is 10.4. The first kappa shape index (κ1) is 19.8. The molecule has 0 aliphatic carbocycles. The fraction of sp³-hybridized carbons (Fsp3) is 0.174. The van der Waals surface area contributed by atoms with Gasteiger partial charge in [0.1, 0.15) is 11.5 Å². The van der Waals surface area contributed by atoms with Gasteiger partial charge in [0.2, 0.25) is 5.91 Å². The molecule has 6 nitrogen and oxygen atoms in total. The van der Waals surface area contributed by atoms with Gasteiger partial charge in [0.15, 0.2) is 5.13 Å². The summed E-state index contributed by atoms with van der Waals surface area (Å²) in [5.74, 6) is 1.44. The minimum absolute atomic E-state index is 0.0474. The van der Waals surface area contributed by atoms with Crippen molar-refractivity contribution in [2.24, 2.45) is 0 Å². The third kappa shape index (κ3) is 4.75. The quantitative estimate of drug-likeness (QED) is 0.414. The van der Waals surface area contributed by atoms with Crippen LogP contribution < -0.4 is 14.4 Å². The number of carbonyl (C=O) groups excluding carboxylic acids is 1. The molecule has 2 heterocycles. The highest BCUT2D eigenvalue weighted by molar-refractivity contribution is 7.22. The lowest BCUT2D eigenvalue weighted by Gasteiger charge is -2.20. The van der Waals surface area contributed by atoms with Gasteiger partial charge in [-0.2, -0.15) is 0 Å². The molecule has 0 atom stereocenters. The van der Waals surface area contributed by atoms with Crippen molar-refractivity contribution in [3.05, 3.63) is 78.6 Å². The summed E-state index contributed by atoms with van der Waals surface area (Å²) in [5.41, 5.74) is 1.79. The number of nitrogens with zero attached hydrogens (tertiary/aromatic N) is 3. The molecule has 0 aliphatic heterocycles. The van der Waals surface area contributed by atoms with Crippen molar-refractivity contribution in [3.63, 3.8) is 0 Å². The van der Waals surface area contributed by atoms with E-state index in [-0.39, 0.29) is 12.3 Å². The molecule has 0 saturated carbocycles. The monoisotopic (exact) mass is 419 g/mol. The second-order valence-corrected chi connectivity index (χ2v) is 7.59. The van der Waals surface area contributed by atoms with E-state index < -0.39 is 0 Å². The zero-order chi connectivity index (χ0) is 20.8. The molecular weight excluding hydrogens is 398 g/mol. The Labute approximate surface area is 178 Å². The minimum atomic E-state index is -0.0474. The number of benzene rings is 2. The third-order valence-corrected chi connectivity index (χ3v) is 5.59. The highest BCUT2D eigenvalue weighted by Gasteiger charge is 2.20. The van der Waals surface area contributed by atoms with E-state index >= 15 is 0 Å². The summed E-state index contributed by atoms with van der Waals surface area (Å²) in [6, 6.07) is 19.0. The summed E-state index contributed by atoms with van der Waals surface area (Å²) in [7, 11) is 1.63. The summed E-state index contributed by atoms with van der Waals surface area (Å²) in [5, 5.41) is 0.653. The number of methoxy groups -OCH3 is 1. The smallest absolute Gasteiger partial charge is 0.232 e. The SMILES string of the molecule is COc1ccc2sc(N(Cc3ccncc3)C(=O)CCOc3ccccc3)nc2c1. The Kier molecular flexibility index (Phi) is 6.20. The molecule has 2 aromatic heterocycles. The van der Waals surface area contributed by atoms with E-state index in [1.54, 1.807) is 24.4 Å². The van der Waals surface area contributed by atoms with E-state index in [0.29, 0.717) is 18.3 Å². The molecule has 0 N–H and O–H groups in total. The van der Waals surface area contributed by atoms with Crippen LogP contribution in [0.5, 0.6) is 11.5 Å². The summed E-state index contributed by atoms with van der Waals surface area (Å²) in [4.78, 5) is 23.6. The van der Waals surface area contributed by atoms with Crippen molar-refractivity contribution in [2.45, 2.75) is 13.0 Å². The maximum Gasteiger partial charge on any atom is 0.232 e. The first-order chi connectivity index (χ1) is 14.7. The van der Waals surface area contributed by atoms with Gasteiger partial charge >= 0.3 is 0 Å². The van der Waals surface area contributed by atoms with Gasteiger partial charge in [-0.1, -0.05) is 29.5 Å². The number of aromatic nitrogens is 2. The lowest BCUT2D eigenvalue weighted by Crippen LogP contribution is -2.31. The van der Waals surface area contributed by atoms with Crippen molar-refractivity contribution in [1.29, 1.82) is 0 Å². The molecule has 4 aromatic rings. The highest BCUT2D eigenvalue weighted by atomic mass is 32.1. The second-order valence-electron chi connectivity index (χ2n) is 6.58. The molecule has 2 aromatic carbocycles. The van der Waals surface area contributed by atoms with Crippen LogP contribution in [0.4, 0.5) is 5.13 Å². The number of hydrogen-bond donors (Lipinski definition) is 0. The molecule has 30 heavy (non-hydrogen) atoms. The summed E-state index contributed by atoms with van der Waals surface area (Å²) in [6.07, 6.45) is 3.69. The van der Waals surface area contributed by atoms with Gasteiger partial charge in [-0.15, -0.1) is 0 Å². The summed E-state index contributed by atoms with van der Waals surface area (Å²) >= 11 is 1.48. The number of fused-ring (bicyclic) bond motifs is 1. The second kappa shape index (κ2) is 9.37. The normalized spacial score (nSPS) is 10.7. The molecule has 1 amide bonds. The topological polar surface area (TPSA) is 64.5 Å². The third-order valence-electron chi connectivity index (χ3n) is 4.53. The molecular formula is C23H21N3O3S. The Balaban J connectivity index is 1.55. The van der Waals surface area contributed by atoms with E-state index in [2.05, 4.69) is 4.98 Å². The van der Waals surface area contributed by atoms with Crippen molar-refractivity contribution in [3.8, 4) is 11.5 Å². The van der Waals surface area contributed by atoms with Crippen molar-refractivity contribution in [2.75, 3.05) is 18.6 Å². The Morgan fingerprint density at radius 2 is 1.83 bits per heavy atom. The number of pyridine rings is 1. The van der Waals surface area contributed by atoms with E-state index in [1.807, 2.05) is 60.7 Å². The summed E-state index contributed by atoms with van der Waals surface area (Å²) in [6.45, 7) is 0.720. The molecule has 0 radical (unpaired) electrons. The van der Waals surface area contributed by atoms with Crippen LogP contribution in [-0.2, 0) is 11.3 Å². The molecule has 0 unspecified atom stereocenters. The Morgan fingerprint density at radius 1 is 1.03 bits per heavy atom. The van der Waals surface area contributed by atoms with Crippen LogP contribution >= 0.6 is 11.3 Å². The maximum absolute atomic E-state index is 13.1. The number of ether oxygens (including phenoxy) is 2. The lowest BCUT2D eigenvalue weighted by molar-refractivity contribution is -0.119. The number of rotatable bonds is 8. The molecule has 152 valence electrons. The molecule has 0 fully saturated rings. The average molecular weight is 420 g/mol. The molecule has 0 aliphatic rings. The predicted octanol–water partition coefficient (Wildman–Crippen LogP) is 4.70. The maximum atomic E-state index is 13.1. The van der Waals surface area contributed by atoms with Gasteiger partial charge in [-0.3, -0.25) is 14.7 Å². The van der Waals surface area contributed by atoms with Crippen LogP contribution in [0.3, 0.4) is 0 Å². The van der Waals surface area contributed by atoms with Gasteiger partial charge in [0, 0.05) is 18.5 Å². The lowest BCUT2D eigenvalue weighted by atomic mass is 10.2.